The number of rotatable bonds is 3. The van der Waals surface area contributed by atoms with Crippen molar-refractivity contribution in [3.8, 4) is 0 Å². The monoisotopic (exact) mass is 385 g/mol. The van der Waals surface area contributed by atoms with Crippen molar-refractivity contribution in [1.29, 1.82) is 0 Å². The lowest BCUT2D eigenvalue weighted by Gasteiger charge is -2.24. The molecule has 0 fully saturated rings. The lowest BCUT2D eigenvalue weighted by atomic mass is 9.91. The van der Waals surface area contributed by atoms with Crippen LogP contribution in [0, 0.1) is 0 Å². The van der Waals surface area contributed by atoms with Gasteiger partial charge in [-0.05, 0) is 43.2 Å². The number of furan rings is 1. The van der Waals surface area contributed by atoms with E-state index in [0.29, 0.717) is 11.6 Å². The average Bonchev–Trinajstić information content (AvgIpc) is 3.10. The first-order valence-corrected chi connectivity index (χ1v) is 9.96. The Kier molecular flexibility index (Phi) is 4.23. The molecular weight excluding hydrogens is 362 g/mol. The van der Waals surface area contributed by atoms with Gasteiger partial charge in [-0.1, -0.05) is 18.2 Å². The zero-order chi connectivity index (χ0) is 20.0. The Bertz CT molecular complexity index is 1230. The van der Waals surface area contributed by atoms with Crippen molar-refractivity contribution in [2.45, 2.75) is 25.3 Å². The van der Waals surface area contributed by atoms with E-state index in [1.54, 1.807) is 19.0 Å². The van der Waals surface area contributed by atoms with E-state index in [9.17, 15) is 4.79 Å². The highest BCUT2D eigenvalue weighted by Crippen LogP contribution is 2.34. The van der Waals surface area contributed by atoms with Crippen molar-refractivity contribution in [2.75, 3.05) is 19.4 Å². The SMILES string of the molecule is CN(C)C(=O)c1ccc2oc3c(c2c1)CC(Nc1cnc2ccccc2c1)CC3. The quantitative estimate of drug-likeness (QED) is 0.558. The number of fused-ring (bicyclic) bond motifs is 4. The topological polar surface area (TPSA) is 58.4 Å². The molecule has 2 aromatic carbocycles. The molecule has 0 radical (unpaired) electrons. The van der Waals surface area contributed by atoms with Gasteiger partial charge in [0.15, 0.2) is 0 Å². The third-order valence-corrected chi connectivity index (χ3v) is 5.66. The number of carbonyl (C=O) groups is 1. The normalized spacial score (nSPS) is 16.0. The van der Waals surface area contributed by atoms with E-state index in [0.717, 1.165) is 52.6 Å². The van der Waals surface area contributed by atoms with Crippen molar-refractivity contribution >= 4 is 33.5 Å². The van der Waals surface area contributed by atoms with Crippen LogP contribution < -0.4 is 5.32 Å². The van der Waals surface area contributed by atoms with Gasteiger partial charge in [-0.2, -0.15) is 0 Å². The molecule has 1 amide bonds. The Morgan fingerprint density at radius 2 is 2.03 bits per heavy atom. The fourth-order valence-electron chi connectivity index (χ4n) is 4.18. The smallest absolute Gasteiger partial charge is 0.253 e. The van der Waals surface area contributed by atoms with E-state index < -0.39 is 0 Å². The number of nitrogens with one attached hydrogen (secondary N) is 1. The third-order valence-electron chi connectivity index (χ3n) is 5.66. The van der Waals surface area contributed by atoms with Crippen LogP contribution in [0.1, 0.15) is 28.1 Å². The van der Waals surface area contributed by atoms with Gasteiger partial charge in [-0.3, -0.25) is 9.78 Å². The third kappa shape index (κ3) is 3.23. The average molecular weight is 385 g/mol. The van der Waals surface area contributed by atoms with Gasteiger partial charge in [-0.15, -0.1) is 0 Å². The lowest BCUT2D eigenvalue weighted by Crippen LogP contribution is -2.26. The molecule has 4 aromatic rings. The Morgan fingerprint density at radius 1 is 1.17 bits per heavy atom. The summed E-state index contributed by atoms with van der Waals surface area (Å²) in [5.41, 5.74) is 4.81. The second-order valence-electron chi connectivity index (χ2n) is 7.92. The lowest BCUT2D eigenvalue weighted by molar-refractivity contribution is 0.0828. The molecule has 1 aliphatic carbocycles. The molecule has 0 bridgehead atoms. The van der Waals surface area contributed by atoms with Crippen molar-refractivity contribution < 1.29 is 9.21 Å². The van der Waals surface area contributed by atoms with Gasteiger partial charge in [0.05, 0.1) is 17.4 Å². The van der Waals surface area contributed by atoms with Gasteiger partial charge >= 0.3 is 0 Å². The molecule has 1 unspecified atom stereocenters. The molecule has 2 heterocycles. The Morgan fingerprint density at radius 3 is 2.90 bits per heavy atom. The molecule has 2 aromatic heterocycles. The van der Waals surface area contributed by atoms with Crippen molar-refractivity contribution in [3.05, 3.63) is 71.6 Å². The van der Waals surface area contributed by atoms with Gasteiger partial charge < -0.3 is 14.6 Å². The van der Waals surface area contributed by atoms with Crippen LogP contribution in [0.25, 0.3) is 21.9 Å². The minimum Gasteiger partial charge on any atom is -0.461 e. The van der Waals surface area contributed by atoms with Crippen LogP contribution in [0.5, 0.6) is 0 Å². The number of para-hydroxylation sites is 1. The fraction of sp³-hybridized carbons (Fsp3) is 0.250. The molecule has 0 spiro atoms. The highest BCUT2D eigenvalue weighted by molar-refractivity contribution is 5.98. The molecule has 1 aliphatic rings. The summed E-state index contributed by atoms with van der Waals surface area (Å²) in [6.07, 6.45) is 4.66. The molecule has 5 heteroatoms. The molecular formula is C24H23N3O2. The van der Waals surface area contributed by atoms with E-state index in [-0.39, 0.29) is 5.91 Å². The summed E-state index contributed by atoms with van der Waals surface area (Å²) in [7, 11) is 3.55. The molecule has 0 aliphatic heterocycles. The summed E-state index contributed by atoms with van der Waals surface area (Å²) < 4.78 is 6.08. The first-order chi connectivity index (χ1) is 14.1. The zero-order valence-corrected chi connectivity index (χ0v) is 16.6. The number of hydrogen-bond donors (Lipinski definition) is 1. The highest BCUT2D eigenvalue weighted by Gasteiger charge is 2.25. The first-order valence-electron chi connectivity index (χ1n) is 9.96. The number of anilines is 1. The molecule has 146 valence electrons. The van der Waals surface area contributed by atoms with Gasteiger partial charge in [0.2, 0.25) is 0 Å². The summed E-state index contributed by atoms with van der Waals surface area (Å²) >= 11 is 0. The maximum Gasteiger partial charge on any atom is 0.253 e. The maximum atomic E-state index is 12.4. The van der Waals surface area contributed by atoms with Crippen LogP contribution in [0.3, 0.4) is 0 Å². The largest absolute Gasteiger partial charge is 0.461 e. The predicted octanol–water partition coefficient (Wildman–Crippen LogP) is 4.65. The molecule has 5 nitrogen and oxygen atoms in total. The summed E-state index contributed by atoms with van der Waals surface area (Å²) in [6.45, 7) is 0. The van der Waals surface area contributed by atoms with E-state index >= 15 is 0 Å². The number of aromatic nitrogens is 1. The van der Waals surface area contributed by atoms with E-state index in [1.807, 2.05) is 42.6 Å². The van der Waals surface area contributed by atoms with Crippen LogP contribution in [-0.4, -0.2) is 35.9 Å². The van der Waals surface area contributed by atoms with Crippen molar-refractivity contribution in [1.82, 2.24) is 9.88 Å². The summed E-state index contributed by atoms with van der Waals surface area (Å²) in [5.74, 6) is 1.05. The van der Waals surface area contributed by atoms with E-state index in [4.69, 9.17) is 4.42 Å². The molecule has 29 heavy (non-hydrogen) atoms. The van der Waals surface area contributed by atoms with Gasteiger partial charge in [0.1, 0.15) is 11.3 Å². The van der Waals surface area contributed by atoms with Gasteiger partial charge in [0.25, 0.3) is 5.91 Å². The van der Waals surface area contributed by atoms with Crippen LogP contribution >= 0.6 is 0 Å². The minimum atomic E-state index is 0.00886. The maximum absolute atomic E-state index is 12.4. The fourth-order valence-corrected chi connectivity index (χ4v) is 4.18. The second kappa shape index (κ2) is 6.92. The summed E-state index contributed by atoms with van der Waals surface area (Å²) in [4.78, 5) is 18.5. The molecule has 1 N–H and O–H groups in total. The Hall–Kier alpha value is -3.34. The minimum absolute atomic E-state index is 0.00886. The van der Waals surface area contributed by atoms with Crippen molar-refractivity contribution in [3.63, 3.8) is 0 Å². The first kappa shape index (κ1) is 17.7. The van der Waals surface area contributed by atoms with E-state index in [1.165, 1.54) is 5.56 Å². The molecule has 0 saturated heterocycles. The Labute approximate surface area is 169 Å². The summed E-state index contributed by atoms with van der Waals surface area (Å²) in [6, 6.07) is 16.3. The zero-order valence-electron chi connectivity index (χ0n) is 16.6. The van der Waals surface area contributed by atoms with Crippen LogP contribution in [0.4, 0.5) is 5.69 Å². The van der Waals surface area contributed by atoms with Gasteiger partial charge in [-0.25, -0.2) is 0 Å². The predicted molar refractivity (Wildman–Crippen MR) is 115 cm³/mol. The molecule has 5 rings (SSSR count). The van der Waals surface area contributed by atoms with Crippen molar-refractivity contribution in [2.24, 2.45) is 0 Å². The van der Waals surface area contributed by atoms with Crippen LogP contribution in [0.2, 0.25) is 0 Å². The molecule has 0 saturated carbocycles. The second-order valence-corrected chi connectivity index (χ2v) is 7.92. The standard InChI is InChI=1S/C24H23N3O2/c1-27(2)24(28)16-7-9-22-19(12-16)20-13-17(8-10-23(20)29-22)26-18-11-15-5-3-4-6-21(15)25-14-18/h3-7,9,11-12,14,17,26H,8,10,13H2,1-2H3. The highest BCUT2D eigenvalue weighted by atomic mass is 16.3. The van der Waals surface area contributed by atoms with Crippen LogP contribution in [0.15, 0.2) is 59.1 Å². The number of amides is 1. The summed E-state index contributed by atoms with van der Waals surface area (Å²) in [5, 5.41) is 5.83. The number of pyridine rings is 1. The number of carbonyl (C=O) groups excluding carboxylic acids is 1. The Balaban J connectivity index is 1.43. The van der Waals surface area contributed by atoms with Crippen LogP contribution in [-0.2, 0) is 12.8 Å². The molecule has 1 atom stereocenters. The van der Waals surface area contributed by atoms with Gasteiger partial charge in [0, 0.05) is 48.5 Å². The number of benzene rings is 2. The van der Waals surface area contributed by atoms with E-state index in [2.05, 4.69) is 22.4 Å². The number of hydrogen-bond acceptors (Lipinski definition) is 4. The number of nitrogens with zero attached hydrogens (tertiary/aromatic N) is 2. The number of aryl methyl sites for hydroxylation is 1.